The Morgan fingerprint density at radius 2 is 1.71 bits per heavy atom. The van der Waals surface area contributed by atoms with Crippen LogP contribution >= 0.6 is 47.2 Å². The molecule has 1 amide bonds. The Kier molecular flexibility index (Phi) is 13.0. The number of morpholine rings is 1. The van der Waals surface area contributed by atoms with Crippen molar-refractivity contribution in [2.45, 2.75) is 19.3 Å². The number of nitrogens with zero attached hydrogens (tertiary/aromatic N) is 2. The van der Waals surface area contributed by atoms with Crippen molar-refractivity contribution in [1.29, 1.82) is 0 Å². The molecule has 0 aliphatic carbocycles. The van der Waals surface area contributed by atoms with Crippen molar-refractivity contribution in [2.75, 3.05) is 59.7 Å². The number of carbonyl (C=O) groups is 2. The number of thiocarbonyl (C=S) groups is 1. The number of halogens is 2. The van der Waals surface area contributed by atoms with Crippen LogP contribution in [0.3, 0.4) is 0 Å². The van der Waals surface area contributed by atoms with Gasteiger partial charge in [0.1, 0.15) is 10.1 Å². The van der Waals surface area contributed by atoms with Gasteiger partial charge in [0.05, 0.1) is 44.9 Å². The fourth-order valence-corrected chi connectivity index (χ4v) is 7.15. The Labute approximate surface area is 299 Å². The largest absolute Gasteiger partial charge is 0.493 e. The lowest BCUT2D eigenvalue weighted by atomic mass is 10.0. The second-order valence-corrected chi connectivity index (χ2v) is 13.6. The molecule has 0 saturated carbocycles. The molecule has 3 aromatic carbocycles. The fraction of sp³-hybridized carbons (Fsp3) is 0.343. The summed E-state index contributed by atoms with van der Waals surface area (Å²) in [6.45, 7) is 5.40. The Morgan fingerprint density at radius 1 is 0.979 bits per heavy atom. The summed E-state index contributed by atoms with van der Waals surface area (Å²) < 4.78 is 23.4. The standard InChI is InChI=1S/C35H36Cl2N2O7S2/c1-43-30-8-4-23(19-33(40)41)18-31(30)46-15-3-11-39-34(42)32(48-35(39)47)21-25-20-24(27-7-6-26(36)22-28(27)37)5-9-29(25)45-14-2-10-38-12-16-44-17-13-38/h4-9,18,20-22H,2-3,10-17,19H2,1H3,(H,40,41). The fourth-order valence-electron chi connectivity index (χ4n) is 5.34. The van der Waals surface area contributed by atoms with Crippen LogP contribution in [0.4, 0.5) is 0 Å². The Bertz CT molecular complexity index is 1680. The summed E-state index contributed by atoms with van der Waals surface area (Å²) in [5, 5.41) is 10.2. The van der Waals surface area contributed by atoms with Crippen molar-refractivity contribution in [3.8, 4) is 28.4 Å². The lowest BCUT2D eigenvalue weighted by Crippen LogP contribution is -2.37. The van der Waals surface area contributed by atoms with Gasteiger partial charge in [-0.3, -0.25) is 19.4 Å². The van der Waals surface area contributed by atoms with Gasteiger partial charge in [-0.1, -0.05) is 65.4 Å². The van der Waals surface area contributed by atoms with Crippen LogP contribution in [-0.4, -0.2) is 90.8 Å². The van der Waals surface area contributed by atoms with E-state index in [0.29, 0.717) is 61.7 Å². The minimum Gasteiger partial charge on any atom is -0.493 e. The summed E-state index contributed by atoms with van der Waals surface area (Å²) in [5.74, 6) is 0.470. The first kappa shape index (κ1) is 36.0. The van der Waals surface area contributed by atoms with Gasteiger partial charge in [0.25, 0.3) is 5.91 Å². The zero-order valence-electron chi connectivity index (χ0n) is 26.4. The number of hydrogen-bond acceptors (Lipinski definition) is 9. The Balaban J connectivity index is 1.27. The topological polar surface area (TPSA) is 97.8 Å². The van der Waals surface area contributed by atoms with Crippen LogP contribution in [0.15, 0.2) is 59.5 Å². The van der Waals surface area contributed by atoms with E-state index in [2.05, 4.69) is 4.90 Å². The second kappa shape index (κ2) is 17.4. The monoisotopic (exact) mass is 730 g/mol. The number of hydrogen-bond donors (Lipinski definition) is 1. The SMILES string of the molecule is COc1ccc(CC(=O)O)cc1OCCCN1C(=O)C(=Cc2cc(-c3ccc(Cl)cc3Cl)ccc2OCCCN2CCOCC2)SC1=S. The molecule has 2 aliphatic rings. The first-order valence-corrected chi connectivity index (χ1v) is 17.5. The number of thioether (sulfide) groups is 1. The number of carbonyl (C=O) groups excluding carboxylic acids is 1. The average molecular weight is 732 g/mol. The molecular weight excluding hydrogens is 695 g/mol. The van der Waals surface area contributed by atoms with Gasteiger partial charge in [-0.05, 0) is 66.4 Å². The van der Waals surface area contributed by atoms with Crippen molar-refractivity contribution < 1.29 is 33.6 Å². The van der Waals surface area contributed by atoms with Gasteiger partial charge in [-0.25, -0.2) is 0 Å². The first-order chi connectivity index (χ1) is 23.2. The molecule has 0 bridgehead atoms. The highest BCUT2D eigenvalue weighted by Crippen LogP contribution is 2.38. The van der Waals surface area contributed by atoms with E-state index < -0.39 is 5.97 Å². The highest BCUT2D eigenvalue weighted by molar-refractivity contribution is 8.26. The Morgan fingerprint density at radius 3 is 2.44 bits per heavy atom. The van der Waals surface area contributed by atoms with E-state index >= 15 is 0 Å². The van der Waals surface area contributed by atoms with Crippen LogP contribution in [0, 0.1) is 0 Å². The normalized spacial score (nSPS) is 16.1. The predicted molar refractivity (Wildman–Crippen MR) is 194 cm³/mol. The van der Waals surface area contributed by atoms with Crippen molar-refractivity contribution >= 4 is 69.5 Å². The van der Waals surface area contributed by atoms with Gasteiger partial charge in [0.2, 0.25) is 0 Å². The molecule has 0 spiro atoms. The van der Waals surface area contributed by atoms with Crippen molar-refractivity contribution in [3.05, 3.63) is 80.7 Å². The van der Waals surface area contributed by atoms with Gasteiger partial charge in [-0.2, -0.15) is 0 Å². The molecule has 254 valence electrons. The van der Waals surface area contributed by atoms with E-state index in [0.717, 1.165) is 56.0 Å². The van der Waals surface area contributed by atoms with Crippen molar-refractivity contribution in [3.63, 3.8) is 0 Å². The molecule has 5 rings (SSSR count). The van der Waals surface area contributed by atoms with E-state index in [-0.39, 0.29) is 18.9 Å². The molecule has 0 unspecified atom stereocenters. The van der Waals surface area contributed by atoms with E-state index in [1.54, 1.807) is 35.2 Å². The zero-order chi connectivity index (χ0) is 34.0. The minimum atomic E-state index is -0.934. The van der Waals surface area contributed by atoms with Gasteiger partial charge < -0.3 is 24.1 Å². The number of aliphatic carboxylic acids is 1. The number of methoxy groups -OCH3 is 1. The second-order valence-electron chi connectivity index (χ2n) is 11.1. The number of ether oxygens (including phenoxy) is 4. The zero-order valence-corrected chi connectivity index (χ0v) is 29.6. The maximum Gasteiger partial charge on any atom is 0.307 e. The summed E-state index contributed by atoms with van der Waals surface area (Å²) in [4.78, 5) is 29.1. The molecule has 2 fully saturated rings. The molecule has 0 atom stereocenters. The maximum absolute atomic E-state index is 13.6. The van der Waals surface area contributed by atoms with Gasteiger partial charge in [0.15, 0.2) is 11.5 Å². The third-order valence-corrected chi connectivity index (χ3v) is 9.68. The lowest BCUT2D eigenvalue weighted by Gasteiger charge is -2.26. The number of rotatable bonds is 15. The summed E-state index contributed by atoms with van der Waals surface area (Å²) in [5.41, 5.74) is 3.01. The van der Waals surface area contributed by atoms with Crippen LogP contribution in [0.25, 0.3) is 17.2 Å². The summed E-state index contributed by atoms with van der Waals surface area (Å²) in [6, 6.07) is 16.2. The quantitative estimate of drug-likeness (QED) is 0.0994. The van der Waals surface area contributed by atoms with E-state index in [1.807, 2.05) is 30.3 Å². The van der Waals surface area contributed by atoms with Crippen LogP contribution in [0.1, 0.15) is 24.0 Å². The molecule has 9 nitrogen and oxygen atoms in total. The summed E-state index contributed by atoms with van der Waals surface area (Å²) >= 11 is 19.5. The van der Waals surface area contributed by atoms with E-state index in [4.69, 9.17) is 59.5 Å². The highest BCUT2D eigenvalue weighted by atomic mass is 35.5. The third kappa shape index (κ3) is 9.64. The average Bonchev–Trinajstić information content (AvgIpc) is 3.33. The molecule has 2 saturated heterocycles. The number of benzene rings is 3. The molecule has 0 radical (unpaired) electrons. The van der Waals surface area contributed by atoms with Gasteiger partial charge >= 0.3 is 5.97 Å². The maximum atomic E-state index is 13.6. The predicted octanol–water partition coefficient (Wildman–Crippen LogP) is 7.07. The number of carboxylic acids is 1. The molecule has 48 heavy (non-hydrogen) atoms. The highest BCUT2D eigenvalue weighted by Gasteiger charge is 2.32. The van der Waals surface area contributed by atoms with Crippen molar-refractivity contribution in [1.82, 2.24) is 9.80 Å². The van der Waals surface area contributed by atoms with Crippen LogP contribution < -0.4 is 14.2 Å². The van der Waals surface area contributed by atoms with E-state index in [9.17, 15) is 9.59 Å². The molecule has 1 N–H and O–H groups in total. The smallest absolute Gasteiger partial charge is 0.307 e. The molecule has 0 aromatic heterocycles. The van der Waals surface area contributed by atoms with Gasteiger partial charge in [0, 0.05) is 47.4 Å². The van der Waals surface area contributed by atoms with Crippen molar-refractivity contribution in [2.24, 2.45) is 0 Å². The molecule has 2 heterocycles. The molecule has 13 heteroatoms. The minimum absolute atomic E-state index is 0.125. The first-order valence-electron chi connectivity index (χ1n) is 15.5. The lowest BCUT2D eigenvalue weighted by molar-refractivity contribution is -0.136. The van der Waals surface area contributed by atoms with Crippen LogP contribution in [0.2, 0.25) is 10.0 Å². The third-order valence-electron chi connectivity index (χ3n) is 7.76. The molecule has 2 aliphatic heterocycles. The van der Waals surface area contributed by atoms with Gasteiger partial charge in [-0.15, -0.1) is 0 Å². The molecule has 3 aromatic rings. The number of carboxylic acid groups (broad SMARTS) is 1. The Hall–Kier alpha value is -3.32. The van der Waals surface area contributed by atoms with E-state index in [1.165, 1.54) is 18.9 Å². The summed E-state index contributed by atoms with van der Waals surface area (Å²) in [6.07, 6.45) is 3.04. The van der Waals surface area contributed by atoms with Crippen LogP contribution in [0.5, 0.6) is 17.2 Å². The summed E-state index contributed by atoms with van der Waals surface area (Å²) in [7, 11) is 1.52. The number of amides is 1. The molecular formula is C35H36Cl2N2O7S2. The van der Waals surface area contributed by atoms with Crippen LogP contribution in [-0.2, 0) is 20.7 Å².